The second kappa shape index (κ2) is 4.26. The van der Waals surface area contributed by atoms with E-state index < -0.39 is 0 Å². The summed E-state index contributed by atoms with van der Waals surface area (Å²) in [6.45, 7) is 0. The Kier molecular flexibility index (Phi) is 4.00. The van der Waals surface area contributed by atoms with Gasteiger partial charge in [-0.25, -0.2) is 4.39 Å². The van der Waals surface area contributed by atoms with Gasteiger partial charge in [-0.15, -0.1) is 12.4 Å². The summed E-state index contributed by atoms with van der Waals surface area (Å²) >= 11 is 4.59. The average Bonchev–Trinajstić information content (AvgIpc) is 1.88. The van der Waals surface area contributed by atoms with Gasteiger partial charge in [-0.05, 0) is 12.1 Å². The molecule has 0 saturated carbocycles. The lowest BCUT2D eigenvalue weighted by molar-refractivity contribution is 0.625. The maximum absolute atomic E-state index is 12.7. The summed E-state index contributed by atoms with van der Waals surface area (Å²) in [5, 5.41) is 0. The molecule has 0 atom stereocenters. The summed E-state index contributed by atoms with van der Waals surface area (Å²) in [6.07, 6.45) is 0. The Morgan fingerprint density at radius 2 is 1.91 bits per heavy atom. The predicted octanol–water partition coefficient (Wildman–Crippen LogP) is 1.88. The zero-order chi connectivity index (χ0) is 7.56. The lowest BCUT2D eigenvalue weighted by atomic mass is 10.2. The van der Waals surface area contributed by atoms with Crippen molar-refractivity contribution in [1.29, 1.82) is 0 Å². The van der Waals surface area contributed by atoms with E-state index in [9.17, 15) is 4.39 Å². The number of rotatable bonds is 1. The molecule has 0 spiro atoms. The molecule has 11 heavy (non-hydrogen) atoms. The average molecular weight is 192 g/mol. The molecule has 0 aromatic heterocycles. The molecule has 0 aliphatic carbocycles. The molecule has 1 rings (SSSR count). The number of nitrogens with two attached hydrogens (primary N) is 1. The molecule has 0 heterocycles. The van der Waals surface area contributed by atoms with Gasteiger partial charge in [0.05, 0.1) is 0 Å². The minimum absolute atomic E-state index is 0. The molecule has 0 saturated heterocycles. The molecule has 0 amide bonds. The first kappa shape index (κ1) is 10.3. The zero-order valence-corrected chi connectivity index (χ0v) is 7.21. The first-order chi connectivity index (χ1) is 4.72. The van der Waals surface area contributed by atoms with Crippen molar-refractivity contribution in [3.8, 4) is 0 Å². The van der Waals surface area contributed by atoms with Crippen LogP contribution in [0, 0.1) is 5.82 Å². The van der Waals surface area contributed by atoms with Crippen LogP contribution in [0.3, 0.4) is 0 Å². The molecule has 1 nitrogen and oxygen atoms in total. The third-order valence-corrected chi connectivity index (χ3v) is 1.36. The molecule has 0 fully saturated rings. The van der Waals surface area contributed by atoms with Crippen LogP contribution in [0.5, 0.6) is 0 Å². The Morgan fingerprint density at radius 1 is 1.36 bits per heavy atom. The first-order valence-electron chi connectivity index (χ1n) is 2.76. The van der Waals surface area contributed by atoms with Crippen molar-refractivity contribution < 1.29 is 4.39 Å². The fraction of sp³-hybridized carbons (Fsp3) is 0. The van der Waals surface area contributed by atoms with E-state index in [2.05, 4.69) is 12.2 Å². The van der Waals surface area contributed by atoms with Gasteiger partial charge in [0, 0.05) is 5.56 Å². The summed E-state index contributed by atoms with van der Waals surface area (Å²) in [5.74, 6) is -0.366. The van der Waals surface area contributed by atoms with E-state index in [1.807, 2.05) is 0 Å². The van der Waals surface area contributed by atoms with Crippen molar-refractivity contribution in [2.75, 3.05) is 0 Å². The van der Waals surface area contributed by atoms with E-state index in [4.69, 9.17) is 5.73 Å². The topological polar surface area (TPSA) is 26.0 Å². The van der Waals surface area contributed by atoms with Crippen molar-refractivity contribution in [3.63, 3.8) is 0 Å². The molecule has 2 N–H and O–H groups in total. The van der Waals surface area contributed by atoms with Gasteiger partial charge in [0.2, 0.25) is 0 Å². The Bertz CT molecular complexity index is 264. The highest BCUT2D eigenvalue weighted by atomic mass is 35.5. The summed E-state index contributed by atoms with van der Waals surface area (Å²) in [7, 11) is 0. The smallest absolute Gasteiger partial charge is 0.133 e. The number of thiocarbonyl (C=S) groups is 1. The monoisotopic (exact) mass is 191 g/mol. The zero-order valence-electron chi connectivity index (χ0n) is 5.58. The highest BCUT2D eigenvalue weighted by Crippen LogP contribution is 2.04. The third-order valence-electron chi connectivity index (χ3n) is 1.14. The number of halogens is 2. The van der Waals surface area contributed by atoms with Crippen molar-refractivity contribution in [1.82, 2.24) is 0 Å². The summed E-state index contributed by atoms with van der Waals surface area (Å²) in [6, 6.07) is 6.17. The van der Waals surface area contributed by atoms with Gasteiger partial charge in [-0.2, -0.15) is 0 Å². The van der Waals surface area contributed by atoms with Crippen LogP contribution < -0.4 is 5.73 Å². The summed E-state index contributed by atoms with van der Waals surface area (Å²) in [4.78, 5) is 0.0955. The van der Waals surface area contributed by atoms with E-state index in [0.29, 0.717) is 5.56 Å². The van der Waals surface area contributed by atoms with Crippen LogP contribution in [0.4, 0.5) is 4.39 Å². The van der Waals surface area contributed by atoms with Crippen LogP contribution in [0.15, 0.2) is 24.3 Å². The van der Waals surface area contributed by atoms with Gasteiger partial charge < -0.3 is 5.73 Å². The van der Waals surface area contributed by atoms with Crippen LogP contribution in [-0.2, 0) is 0 Å². The molecule has 0 aliphatic rings. The van der Waals surface area contributed by atoms with Gasteiger partial charge in [0.25, 0.3) is 0 Å². The van der Waals surface area contributed by atoms with E-state index in [0.717, 1.165) is 0 Å². The third kappa shape index (κ3) is 2.44. The standard InChI is InChI=1S/C7H6FNS.ClH/c8-6-4-2-1-3-5(6)7(9)10;/h1-4H,(H2,9,10);1H. The quantitative estimate of drug-likeness (QED) is 0.686. The van der Waals surface area contributed by atoms with Gasteiger partial charge in [0.1, 0.15) is 10.8 Å². The van der Waals surface area contributed by atoms with Crippen molar-refractivity contribution in [3.05, 3.63) is 35.6 Å². The lowest BCUT2D eigenvalue weighted by Gasteiger charge is -1.96. The molecule has 60 valence electrons. The summed E-state index contributed by atoms with van der Waals surface area (Å²) in [5.41, 5.74) is 5.51. The minimum atomic E-state index is -0.366. The van der Waals surface area contributed by atoms with E-state index in [1.54, 1.807) is 18.2 Å². The molecule has 0 aliphatic heterocycles. The van der Waals surface area contributed by atoms with Crippen LogP contribution in [0.2, 0.25) is 0 Å². The molecule has 4 heteroatoms. The lowest BCUT2D eigenvalue weighted by Crippen LogP contribution is -2.10. The fourth-order valence-corrected chi connectivity index (χ4v) is 0.827. The number of benzene rings is 1. The molecule has 0 bridgehead atoms. The second-order valence-corrected chi connectivity index (χ2v) is 2.28. The predicted molar refractivity (Wildman–Crippen MR) is 49.5 cm³/mol. The SMILES string of the molecule is Cl.NC(=S)c1ccccc1F. The normalized spacial score (nSPS) is 8.45. The van der Waals surface area contributed by atoms with Crippen molar-refractivity contribution in [2.45, 2.75) is 0 Å². The maximum Gasteiger partial charge on any atom is 0.133 e. The minimum Gasteiger partial charge on any atom is -0.389 e. The van der Waals surface area contributed by atoms with Crippen LogP contribution in [0.1, 0.15) is 5.56 Å². The maximum atomic E-state index is 12.7. The second-order valence-electron chi connectivity index (χ2n) is 1.84. The molecular weight excluding hydrogens is 185 g/mol. The van der Waals surface area contributed by atoms with E-state index >= 15 is 0 Å². The fourth-order valence-electron chi connectivity index (χ4n) is 0.661. The highest BCUT2D eigenvalue weighted by molar-refractivity contribution is 7.80. The molecule has 1 aromatic carbocycles. The molecule has 0 radical (unpaired) electrons. The largest absolute Gasteiger partial charge is 0.389 e. The number of hydrogen-bond donors (Lipinski definition) is 1. The van der Waals surface area contributed by atoms with Gasteiger partial charge in [-0.3, -0.25) is 0 Å². The Labute approximate surface area is 75.8 Å². The number of hydrogen-bond acceptors (Lipinski definition) is 1. The van der Waals surface area contributed by atoms with Crippen molar-refractivity contribution in [2.24, 2.45) is 5.73 Å². The Hall–Kier alpha value is -0.670. The molecular formula is C7H7ClFNS. The molecule has 1 aromatic rings. The Balaban J connectivity index is 0.000001000. The van der Waals surface area contributed by atoms with Crippen LogP contribution >= 0.6 is 24.6 Å². The van der Waals surface area contributed by atoms with E-state index in [-0.39, 0.29) is 23.2 Å². The van der Waals surface area contributed by atoms with Gasteiger partial charge >= 0.3 is 0 Å². The van der Waals surface area contributed by atoms with Crippen molar-refractivity contribution >= 4 is 29.6 Å². The molecule has 0 unspecified atom stereocenters. The van der Waals surface area contributed by atoms with E-state index in [1.165, 1.54) is 6.07 Å². The van der Waals surface area contributed by atoms with Gasteiger partial charge in [-0.1, -0.05) is 24.4 Å². The Morgan fingerprint density at radius 3 is 2.27 bits per heavy atom. The summed E-state index contributed by atoms with van der Waals surface area (Å²) < 4.78 is 12.7. The van der Waals surface area contributed by atoms with Gasteiger partial charge in [0.15, 0.2) is 0 Å². The van der Waals surface area contributed by atoms with Crippen LogP contribution in [0.25, 0.3) is 0 Å². The van der Waals surface area contributed by atoms with Crippen LogP contribution in [-0.4, -0.2) is 4.99 Å². The first-order valence-corrected chi connectivity index (χ1v) is 3.17. The highest BCUT2D eigenvalue weighted by Gasteiger charge is 2.00.